The smallest absolute Gasteiger partial charge is 0.262 e. The lowest BCUT2D eigenvalue weighted by atomic mass is 10.1. The maximum atomic E-state index is 13.0. The number of fused-ring (bicyclic) bond motifs is 1. The van der Waals surface area contributed by atoms with Crippen LogP contribution >= 0.6 is 11.8 Å². The van der Waals surface area contributed by atoms with Crippen LogP contribution < -0.4 is 5.56 Å². The standard InChI is InChI=1S/C24H29N3O2S/c1-17(2)14-15-27-23(29)20-12-8-9-13-21(20)25-24(27)30-16-22(28)26(4)18(3)19-10-6-5-7-11-19/h5-13,17-18H,14-16H2,1-4H3/t18-/m1/s1. The van der Waals surface area contributed by atoms with E-state index in [2.05, 4.69) is 13.8 Å². The third-order valence-corrected chi connectivity index (χ3v) is 6.30. The molecule has 158 valence electrons. The summed E-state index contributed by atoms with van der Waals surface area (Å²) in [5, 5.41) is 1.22. The van der Waals surface area contributed by atoms with Crippen LogP contribution in [-0.2, 0) is 11.3 Å². The van der Waals surface area contributed by atoms with Crippen molar-refractivity contribution in [2.45, 2.75) is 44.9 Å². The molecule has 1 heterocycles. The van der Waals surface area contributed by atoms with Gasteiger partial charge in [-0.25, -0.2) is 4.98 Å². The van der Waals surface area contributed by atoms with E-state index in [-0.39, 0.29) is 23.3 Å². The van der Waals surface area contributed by atoms with Crippen molar-refractivity contribution in [1.29, 1.82) is 0 Å². The summed E-state index contributed by atoms with van der Waals surface area (Å²) in [6.07, 6.45) is 0.881. The van der Waals surface area contributed by atoms with Gasteiger partial charge in [0.2, 0.25) is 5.91 Å². The first kappa shape index (κ1) is 22.1. The zero-order valence-corrected chi connectivity index (χ0v) is 18.9. The number of benzene rings is 2. The Bertz CT molecular complexity index is 1060. The summed E-state index contributed by atoms with van der Waals surface area (Å²) in [5.74, 6) is 0.718. The molecule has 0 unspecified atom stereocenters. The van der Waals surface area contributed by atoms with Crippen LogP contribution in [0.1, 0.15) is 38.8 Å². The zero-order valence-electron chi connectivity index (χ0n) is 18.0. The number of carbonyl (C=O) groups excluding carboxylic acids is 1. The van der Waals surface area contributed by atoms with Gasteiger partial charge in [-0.3, -0.25) is 14.2 Å². The van der Waals surface area contributed by atoms with Crippen molar-refractivity contribution in [3.8, 4) is 0 Å². The van der Waals surface area contributed by atoms with Gasteiger partial charge in [0.1, 0.15) is 0 Å². The molecular weight excluding hydrogens is 394 g/mol. The van der Waals surface area contributed by atoms with E-state index in [0.29, 0.717) is 28.5 Å². The van der Waals surface area contributed by atoms with Crippen molar-refractivity contribution in [3.05, 3.63) is 70.5 Å². The van der Waals surface area contributed by atoms with Crippen molar-refractivity contribution in [2.75, 3.05) is 12.8 Å². The van der Waals surface area contributed by atoms with E-state index in [4.69, 9.17) is 4.98 Å². The molecule has 2 aromatic carbocycles. The minimum absolute atomic E-state index is 0.00849. The van der Waals surface area contributed by atoms with Gasteiger partial charge >= 0.3 is 0 Å². The molecule has 0 saturated heterocycles. The number of carbonyl (C=O) groups is 1. The molecule has 0 saturated carbocycles. The van der Waals surface area contributed by atoms with Crippen molar-refractivity contribution >= 4 is 28.6 Å². The van der Waals surface area contributed by atoms with Crippen LogP contribution in [-0.4, -0.2) is 33.2 Å². The van der Waals surface area contributed by atoms with E-state index in [1.165, 1.54) is 11.8 Å². The summed E-state index contributed by atoms with van der Waals surface area (Å²) in [5.41, 5.74) is 1.72. The highest BCUT2D eigenvalue weighted by Crippen LogP contribution is 2.22. The van der Waals surface area contributed by atoms with E-state index in [1.807, 2.05) is 68.6 Å². The molecule has 1 amide bonds. The number of hydrogen-bond acceptors (Lipinski definition) is 4. The third kappa shape index (κ3) is 5.11. The van der Waals surface area contributed by atoms with Gasteiger partial charge in [-0.05, 0) is 37.0 Å². The maximum Gasteiger partial charge on any atom is 0.262 e. The van der Waals surface area contributed by atoms with Crippen LogP contribution in [0, 0.1) is 5.92 Å². The van der Waals surface area contributed by atoms with Crippen molar-refractivity contribution in [2.24, 2.45) is 5.92 Å². The van der Waals surface area contributed by atoms with Crippen molar-refractivity contribution < 1.29 is 4.79 Å². The normalized spacial score (nSPS) is 12.3. The first-order valence-electron chi connectivity index (χ1n) is 10.3. The Labute approximate surface area is 182 Å². The Morgan fingerprint density at radius 3 is 2.43 bits per heavy atom. The molecule has 0 bridgehead atoms. The Morgan fingerprint density at radius 1 is 1.07 bits per heavy atom. The molecular formula is C24H29N3O2S. The maximum absolute atomic E-state index is 13.0. The Balaban J connectivity index is 1.81. The van der Waals surface area contributed by atoms with Gasteiger partial charge in [0.05, 0.1) is 22.7 Å². The zero-order chi connectivity index (χ0) is 21.7. The Morgan fingerprint density at radius 2 is 1.73 bits per heavy atom. The monoisotopic (exact) mass is 423 g/mol. The number of hydrogen-bond donors (Lipinski definition) is 0. The molecule has 1 atom stereocenters. The molecule has 3 aromatic rings. The summed E-state index contributed by atoms with van der Waals surface area (Å²) < 4.78 is 1.72. The predicted molar refractivity (Wildman–Crippen MR) is 124 cm³/mol. The van der Waals surface area contributed by atoms with Crippen LogP contribution in [0.4, 0.5) is 0 Å². The summed E-state index contributed by atoms with van der Waals surface area (Å²) in [6.45, 7) is 6.89. The molecule has 3 rings (SSSR count). The third-order valence-electron chi connectivity index (χ3n) is 5.34. The minimum Gasteiger partial charge on any atom is -0.338 e. The number of para-hydroxylation sites is 1. The fourth-order valence-corrected chi connectivity index (χ4v) is 4.19. The predicted octanol–water partition coefficient (Wildman–Crippen LogP) is 4.75. The molecule has 0 aliphatic carbocycles. The van der Waals surface area contributed by atoms with E-state index in [1.54, 1.807) is 9.47 Å². The molecule has 0 fully saturated rings. The Kier molecular flexibility index (Phi) is 7.32. The first-order valence-corrected chi connectivity index (χ1v) is 11.3. The number of aromatic nitrogens is 2. The molecule has 6 heteroatoms. The van der Waals surface area contributed by atoms with Gasteiger partial charge in [-0.1, -0.05) is 68.1 Å². The highest BCUT2D eigenvalue weighted by atomic mass is 32.2. The molecule has 0 radical (unpaired) electrons. The van der Waals surface area contributed by atoms with Crippen LogP contribution in [0.3, 0.4) is 0 Å². The lowest BCUT2D eigenvalue weighted by Crippen LogP contribution is -2.31. The largest absolute Gasteiger partial charge is 0.338 e. The molecule has 0 aliphatic heterocycles. The number of amides is 1. The average molecular weight is 424 g/mol. The summed E-state index contributed by atoms with van der Waals surface area (Å²) >= 11 is 1.34. The van der Waals surface area contributed by atoms with Crippen LogP contribution in [0.25, 0.3) is 10.9 Å². The van der Waals surface area contributed by atoms with Gasteiger partial charge in [0.25, 0.3) is 5.56 Å². The highest BCUT2D eigenvalue weighted by molar-refractivity contribution is 7.99. The number of rotatable bonds is 8. The van der Waals surface area contributed by atoms with E-state index < -0.39 is 0 Å². The van der Waals surface area contributed by atoms with Gasteiger partial charge in [-0.2, -0.15) is 0 Å². The summed E-state index contributed by atoms with van der Waals surface area (Å²) in [6, 6.07) is 17.3. The quantitative estimate of drug-likeness (QED) is 0.387. The van der Waals surface area contributed by atoms with E-state index in [9.17, 15) is 9.59 Å². The molecule has 5 nitrogen and oxygen atoms in total. The second-order valence-corrected chi connectivity index (χ2v) is 8.87. The second-order valence-electron chi connectivity index (χ2n) is 7.93. The second kappa shape index (κ2) is 9.94. The van der Waals surface area contributed by atoms with Gasteiger partial charge < -0.3 is 4.90 Å². The molecule has 0 N–H and O–H groups in total. The fourth-order valence-electron chi connectivity index (χ4n) is 3.24. The van der Waals surface area contributed by atoms with Crippen molar-refractivity contribution in [1.82, 2.24) is 14.5 Å². The summed E-state index contributed by atoms with van der Waals surface area (Å²) in [7, 11) is 1.82. The number of thioether (sulfide) groups is 1. The molecule has 0 spiro atoms. The number of nitrogens with zero attached hydrogens (tertiary/aromatic N) is 3. The average Bonchev–Trinajstić information content (AvgIpc) is 2.76. The lowest BCUT2D eigenvalue weighted by molar-refractivity contribution is -0.128. The minimum atomic E-state index is -0.0396. The van der Waals surface area contributed by atoms with E-state index >= 15 is 0 Å². The van der Waals surface area contributed by atoms with Crippen LogP contribution in [0.15, 0.2) is 64.5 Å². The van der Waals surface area contributed by atoms with Crippen LogP contribution in [0.5, 0.6) is 0 Å². The molecule has 30 heavy (non-hydrogen) atoms. The molecule has 1 aromatic heterocycles. The van der Waals surface area contributed by atoms with Crippen LogP contribution in [0.2, 0.25) is 0 Å². The first-order chi connectivity index (χ1) is 14.4. The van der Waals surface area contributed by atoms with Crippen molar-refractivity contribution in [3.63, 3.8) is 0 Å². The SMILES string of the molecule is CC(C)CCn1c(SCC(=O)N(C)[C@H](C)c2ccccc2)nc2ccccc2c1=O. The topological polar surface area (TPSA) is 55.2 Å². The summed E-state index contributed by atoms with van der Waals surface area (Å²) in [4.78, 5) is 32.3. The van der Waals surface area contributed by atoms with Gasteiger partial charge in [0, 0.05) is 13.6 Å². The van der Waals surface area contributed by atoms with E-state index in [0.717, 1.165) is 12.0 Å². The molecule has 0 aliphatic rings. The van der Waals surface area contributed by atoms with Gasteiger partial charge in [0.15, 0.2) is 5.16 Å². The van der Waals surface area contributed by atoms with Gasteiger partial charge in [-0.15, -0.1) is 0 Å². The lowest BCUT2D eigenvalue weighted by Gasteiger charge is -2.25. The fraction of sp³-hybridized carbons (Fsp3) is 0.375. The highest BCUT2D eigenvalue weighted by Gasteiger charge is 2.19. The Hall–Kier alpha value is -2.60.